The van der Waals surface area contributed by atoms with E-state index in [0.717, 1.165) is 6.26 Å². The number of hydrogen-bond donors (Lipinski definition) is 2. The van der Waals surface area contributed by atoms with Gasteiger partial charge in [0, 0.05) is 19.8 Å². The molecule has 0 aliphatic carbocycles. The fourth-order valence-electron chi connectivity index (χ4n) is 1.78. The normalized spacial score (nSPS) is 12.5. The summed E-state index contributed by atoms with van der Waals surface area (Å²) in [6.45, 7) is 3.80. The Morgan fingerprint density at radius 1 is 1.39 bits per heavy atom. The molecule has 0 fully saturated rings. The van der Waals surface area contributed by atoms with Crippen molar-refractivity contribution in [3.63, 3.8) is 0 Å². The van der Waals surface area contributed by atoms with Crippen molar-refractivity contribution in [3.8, 4) is 0 Å². The summed E-state index contributed by atoms with van der Waals surface area (Å²) in [6.07, 6.45) is 1.14. The maximum Gasteiger partial charge on any atom is 0.175 e. The van der Waals surface area contributed by atoms with Gasteiger partial charge in [-0.1, -0.05) is 0 Å². The summed E-state index contributed by atoms with van der Waals surface area (Å²) in [5, 5.41) is 9.75. The molecular weight excluding hydrogens is 252 g/mol. The molecule has 102 valence electrons. The average Bonchev–Trinajstić information content (AvgIpc) is 2.12. The lowest BCUT2D eigenvalue weighted by Gasteiger charge is -2.28. The SMILES string of the molecule is CN(CC(C)(C)O)c1ccc(S(C)(=O)=O)cc1N. The van der Waals surface area contributed by atoms with Crippen LogP contribution in [0, 0.1) is 0 Å². The van der Waals surface area contributed by atoms with Crippen LogP contribution in [-0.4, -0.2) is 39.0 Å². The Balaban J connectivity index is 3.07. The maximum atomic E-state index is 11.4. The van der Waals surface area contributed by atoms with E-state index in [4.69, 9.17) is 5.73 Å². The van der Waals surface area contributed by atoms with E-state index < -0.39 is 15.4 Å². The quantitative estimate of drug-likeness (QED) is 0.795. The number of nitrogens with zero attached hydrogens (tertiary/aromatic N) is 1. The maximum absolute atomic E-state index is 11.4. The first-order valence-corrected chi connectivity index (χ1v) is 7.43. The standard InChI is InChI=1S/C12H20N2O3S/c1-12(2,15)8-14(3)11-6-5-9(7-10(11)13)18(4,16)17/h5-7,15H,8,13H2,1-4H3. The van der Waals surface area contributed by atoms with Gasteiger partial charge in [-0.15, -0.1) is 0 Å². The molecule has 6 heteroatoms. The van der Waals surface area contributed by atoms with Crippen LogP contribution in [0.5, 0.6) is 0 Å². The number of nitrogens with two attached hydrogens (primary N) is 1. The third-order valence-electron chi connectivity index (χ3n) is 2.46. The van der Waals surface area contributed by atoms with Crippen LogP contribution in [0.3, 0.4) is 0 Å². The first-order valence-electron chi connectivity index (χ1n) is 5.54. The Labute approximate surface area is 108 Å². The molecule has 0 unspecified atom stereocenters. The van der Waals surface area contributed by atoms with Gasteiger partial charge in [-0.3, -0.25) is 0 Å². The van der Waals surface area contributed by atoms with E-state index in [1.54, 1.807) is 31.9 Å². The lowest BCUT2D eigenvalue weighted by Crippen LogP contribution is -2.36. The Bertz CT molecular complexity index is 533. The zero-order valence-electron chi connectivity index (χ0n) is 11.1. The molecule has 0 aliphatic rings. The van der Waals surface area contributed by atoms with Crippen molar-refractivity contribution in [2.45, 2.75) is 24.3 Å². The van der Waals surface area contributed by atoms with Crippen LogP contribution in [0.2, 0.25) is 0 Å². The molecule has 0 atom stereocenters. The number of aliphatic hydroxyl groups is 1. The Kier molecular flexibility index (Phi) is 3.92. The summed E-state index contributed by atoms with van der Waals surface area (Å²) < 4.78 is 22.8. The number of benzene rings is 1. The summed E-state index contributed by atoms with van der Waals surface area (Å²) in [7, 11) is -1.46. The molecule has 1 aromatic carbocycles. The van der Waals surface area contributed by atoms with Gasteiger partial charge in [-0.2, -0.15) is 0 Å². The Morgan fingerprint density at radius 2 is 1.94 bits per heavy atom. The minimum Gasteiger partial charge on any atom is -0.397 e. The van der Waals surface area contributed by atoms with E-state index in [1.165, 1.54) is 12.1 Å². The molecule has 0 radical (unpaired) electrons. The highest BCUT2D eigenvalue weighted by atomic mass is 32.2. The molecule has 0 saturated carbocycles. The number of rotatable bonds is 4. The molecule has 1 aromatic rings. The highest BCUT2D eigenvalue weighted by Gasteiger charge is 2.18. The summed E-state index contributed by atoms with van der Waals surface area (Å²) >= 11 is 0. The molecule has 0 heterocycles. The molecule has 0 bridgehead atoms. The van der Waals surface area contributed by atoms with Crippen molar-refractivity contribution in [2.75, 3.05) is 30.5 Å². The smallest absolute Gasteiger partial charge is 0.175 e. The highest BCUT2D eigenvalue weighted by Crippen LogP contribution is 2.26. The molecule has 0 aliphatic heterocycles. The fraction of sp³-hybridized carbons (Fsp3) is 0.500. The Hall–Kier alpha value is -1.27. The number of likely N-dealkylation sites (N-methyl/N-ethyl adjacent to an activating group) is 1. The van der Waals surface area contributed by atoms with E-state index in [1.807, 2.05) is 0 Å². The molecule has 0 spiro atoms. The zero-order chi connectivity index (χ0) is 14.1. The van der Waals surface area contributed by atoms with Gasteiger partial charge in [0.15, 0.2) is 9.84 Å². The van der Waals surface area contributed by atoms with Gasteiger partial charge in [0.1, 0.15) is 0 Å². The summed E-state index contributed by atoms with van der Waals surface area (Å²) in [5.41, 5.74) is 6.08. The van der Waals surface area contributed by atoms with E-state index in [2.05, 4.69) is 0 Å². The number of hydrogen-bond acceptors (Lipinski definition) is 5. The van der Waals surface area contributed by atoms with Crippen molar-refractivity contribution < 1.29 is 13.5 Å². The largest absolute Gasteiger partial charge is 0.397 e. The second kappa shape index (κ2) is 4.78. The van der Waals surface area contributed by atoms with Gasteiger partial charge in [-0.25, -0.2) is 8.42 Å². The van der Waals surface area contributed by atoms with Crippen molar-refractivity contribution in [2.24, 2.45) is 0 Å². The number of sulfone groups is 1. The molecule has 18 heavy (non-hydrogen) atoms. The van der Waals surface area contributed by atoms with Crippen LogP contribution in [0.15, 0.2) is 23.1 Å². The number of anilines is 2. The van der Waals surface area contributed by atoms with Gasteiger partial charge < -0.3 is 15.7 Å². The van der Waals surface area contributed by atoms with Crippen molar-refractivity contribution in [1.29, 1.82) is 0 Å². The molecule has 3 N–H and O–H groups in total. The van der Waals surface area contributed by atoms with Crippen molar-refractivity contribution in [3.05, 3.63) is 18.2 Å². The number of nitrogen functional groups attached to an aromatic ring is 1. The van der Waals surface area contributed by atoms with E-state index in [0.29, 0.717) is 17.9 Å². The minimum absolute atomic E-state index is 0.195. The lowest BCUT2D eigenvalue weighted by molar-refractivity contribution is 0.0886. The average molecular weight is 272 g/mol. The minimum atomic E-state index is -3.25. The third-order valence-corrected chi connectivity index (χ3v) is 3.57. The fourth-order valence-corrected chi connectivity index (χ4v) is 2.43. The van der Waals surface area contributed by atoms with Crippen LogP contribution < -0.4 is 10.6 Å². The first kappa shape index (κ1) is 14.8. The monoisotopic (exact) mass is 272 g/mol. The zero-order valence-corrected chi connectivity index (χ0v) is 12.0. The summed E-state index contributed by atoms with van der Waals surface area (Å²) in [6, 6.07) is 4.60. The topological polar surface area (TPSA) is 83.6 Å². The van der Waals surface area contributed by atoms with Gasteiger partial charge in [-0.05, 0) is 32.0 Å². The van der Waals surface area contributed by atoms with Crippen LogP contribution >= 0.6 is 0 Å². The van der Waals surface area contributed by atoms with Crippen LogP contribution in [0.25, 0.3) is 0 Å². The molecule has 5 nitrogen and oxygen atoms in total. The molecule has 1 rings (SSSR count). The van der Waals surface area contributed by atoms with E-state index >= 15 is 0 Å². The molecule has 0 aromatic heterocycles. The first-order chi connectivity index (χ1) is 8.00. The van der Waals surface area contributed by atoms with Crippen molar-refractivity contribution in [1.82, 2.24) is 0 Å². The second-order valence-electron chi connectivity index (χ2n) is 5.16. The highest BCUT2D eigenvalue weighted by molar-refractivity contribution is 7.90. The van der Waals surface area contributed by atoms with Crippen LogP contribution in [-0.2, 0) is 9.84 Å². The lowest BCUT2D eigenvalue weighted by atomic mass is 10.1. The third kappa shape index (κ3) is 3.89. The summed E-state index contributed by atoms with van der Waals surface area (Å²) in [5.74, 6) is 0. The van der Waals surface area contributed by atoms with Gasteiger partial charge in [0.2, 0.25) is 0 Å². The predicted octanol–water partition coefficient (Wildman–Crippen LogP) is 0.879. The predicted molar refractivity (Wildman–Crippen MR) is 73.5 cm³/mol. The van der Waals surface area contributed by atoms with E-state index in [9.17, 15) is 13.5 Å². The van der Waals surface area contributed by atoms with Gasteiger partial charge in [0.05, 0.1) is 21.9 Å². The Morgan fingerprint density at radius 3 is 2.33 bits per heavy atom. The van der Waals surface area contributed by atoms with Crippen LogP contribution in [0.4, 0.5) is 11.4 Å². The van der Waals surface area contributed by atoms with Gasteiger partial charge in [0.25, 0.3) is 0 Å². The molecule has 0 amide bonds. The molecular formula is C12H20N2O3S. The van der Waals surface area contributed by atoms with Crippen LogP contribution in [0.1, 0.15) is 13.8 Å². The molecule has 0 saturated heterocycles. The summed E-state index contributed by atoms with van der Waals surface area (Å²) in [4.78, 5) is 1.99. The van der Waals surface area contributed by atoms with Crippen molar-refractivity contribution >= 4 is 21.2 Å². The second-order valence-corrected chi connectivity index (χ2v) is 7.18. The van der Waals surface area contributed by atoms with E-state index in [-0.39, 0.29) is 4.90 Å². The van der Waals surface area contributed by atoms with Gasteiger partial charge >= 0.3 is 0 Å².